The number of rotatable bonds is 6. The van der Waals surface area contributed by atoms with Gasteiger partial charge in [-0.05, 0) is 24.5 Å². The average molecular weight is 237 g/mol. The van der Waals surface area contributed by atoms with E-state index in [0.29, 0.717) is 18.3 Å². The highest BCUT2D eigenvalue weighted by Gasteiger charge is 2.09. The van der Waals surface area contributed by atoms with Crippen LogP contribution in [-0.2, 0) is 0 Å². The molecule has 0 radical (unpaired) electrons. The van der Waals surface area contributed by atoms with E-state index in [4.69, 9.17) is 15.6 Å². The first-order valence-corrected chi connectivity index (χ1v) is 5.80. The molecule has 0 aliphatic carbocycles. The molecule has 0 aliphatic rings. The maximum absolute atomic E-state index is 10.8. The monoisotopic (exact) mass is 237 g/mol. The van der Waals surface area contributed by atoms with Crippen LogP contribution in [-0.4, -0.2) is 17.7 Å². The zero-order valence-corrected chi connectivity index (χ0v) is 10.3. The second-order valence-electron chi connectivity index (χ2n) is 4.26. The summed E-state index contributed by atoms with van der Waals surface area (Å²) in [5.41, 5.74) is 5.97. The Morgan fingerprint density at radius 3 is 2.76 bits per heavy atom. The molecule has 1 aromatic rings. The summed E-state index contributed by atoms with van der Waals surface area (Å²) in [6, 6.07) is 4.66. The van der Waals surface area contributed by atoms with Gasteiger partial charge < -0.3 is 15.6 Å². The van der Waals surface area contributed by atoms with Crippen LogP contribution in [0.1, 0.15) is 37.0 Å². The Balaban J connectivity index is 2.62. The van der Waals surface area contributed by atoms with Crippen molar-refractivity contribution in [2.45, 2.75) is 26.7 Å². The lowest BCUT2D eigenvalue weighted by atomic mass is 10.1. The van der Waals surface area contributed by atoms with Gasteiger partial charge in [0.05, 0.1) is 12.2 Å². The van der Waals surface area contributed by atoms with Gasteiger partial charge in [0.1, 0.15) is 5.75 Å². The number of ether oxygens (including phenoxy) is 1. The molecule has 1 unspecified atom stereocenters. The fraction of sp³-hybridized carbons (Fsp3) is 0.462. The van der Waals surface area contributed by atoms with E-state index in [-0.39, 0.29) is 11.3 Å². The number of aromatic carboxylic acids is 1. The van der Waals surface area contributed by atoms with Crippen LogP contribution in [0.15, 0.2) is 18.2 Å². The molecule has 0 bridgehead atoms. The Bertz CT molecular complexity index is 390. The lowest BCUT2D eigenvalue weighted by molar-refractivity contribution is 0.0698. The lowest BCUT2D eigenvalue weighted by Crippen LogP contribution is -2.09. The molecule has 0 aliphatic heterocycles. The third kappa shape index (κ3) is 3.98. The van der Waals surface area contributed by atoms with Crippen molar-refractivity contribution in [2.75, 3.05) is 12.3 Å². The number of carboxylic acids is 1. The molecule has 3 N–H and O–H groups in total. The van der Waals surface area contributed by atoms with Gasteiger partial charge >= 0.3 is 5.97 Å². The largest absolute Gasteiger partial charge is 0.493 e. The van der Waals surface area contributed by atoms with Gasteiger partial charge in [0.15, 0.2) is 0 Å². The summed E-state index contributed by atoms with van der Waals surface area (Å²) in [6.07, 6.45) is 2.24. The van der Waals surface area contributed by atoms with Gasteiger partial charge in [0, 0.05) is 11.8 Å². The number of hydrogen-bond acceptors (Lipinski definition) is 3. The van der Waals surface area contributed by atoms with E-state index in [0.717, 1.165) is 12.8 Å². The van der Waals surface area contributed by atoms with Gasteiger partial charge in [-0.2, -0.15) is 0 Å². The van der Waals surface area contributed by atoms with Crippen LogP contribution in [0, 0.1) is 5.92 Å². The number of anilines is 1. The topological polar surface area (TPSA) is 72.5 Å². The molecule has 0 heterocycles. The molecule has 4 heteroatoms. The van der Waals surface area contributed by atoms with Crippen molar-refractivity contribution in [3.8, 4) is 5.75 Å². The van der Waals surface area contributed by atoms with Crippen molar-refractivity contribution in [3.05, 3.63) is 23.8 Å². The van der Waals surface area contributed by atoms with Crippen molar-refractivity contribution in [3.63, 3.8) is 0 Å². The van der Waals surface area contributed by atoms with E-state index in [2.05, 4.69) is 13.8 Å². The van der Waals surface area contributed by atoms with Crippen LogP contribution in [0.5, 0.6) is 5.75 Å². The number of benzene rings is 1. The van der Waals surface area contributed by atoms with Gasteiger partial charge in [0.2, 0.25) is 0 Å². The van der Waals surface area contributed by atoms with E-state index in [9.17, 15) is 4.79 Å². The van der Waals surface area contributed by atoms with Crippen LogP contribution in [0.25, 0.3) is 0 Å². The SMILES string of the molecule is CCCC(C)COc1ccc(C(=O)O)c(N)c1. The molecule has 4 nitrogen and oxygen atoms in total. The van der Waals surface area contributed by atoms with Crippen molar-refractivity contribution >= 4 is 11.7 Å². The molecule has 94 valence electrons. The van der Waals surface area contributed by atoms with Crippen molar-refractivity contribution in [1.29, 1.82) is 0 Å². The standard InChI is InChI=1S/C13H19NO3/c1-3-4-9(2)8-17-10-5-6-11(13(15)16)12(14)7-10/h5-7,9H,3-4,8,14H2,1-2H3,(H,15,16). The molecule has 0 saturated carbocycles. The maximum atomic E-state index is 10.8. The molecular weight excluding hydrogens is 218 g/mol. The van der Waals surface area contributed by atoms with Crippen molar-refractivity contribution in [1.82, 2.24) is 0 Å². The highest BCUT2D eigenvalue weighted by atomic mass is 16.5. The molecule has 0 saturated heterocycles. The minimum Gasteiger partial charge on any atom is -0.493 e. The van der Waals surface area contributed by atoms with Gasteiger partial charge in [-0.1, -0.05) is 20.3 Å². The molecule has 17 heavy (non-hydrogen) atoms. The molecule has 0 spiro atoms. The second kappa shape index (κ2) is 6.13. The zero-order valence-electron chi connectivity index (χ0n) is 10.3. The smallest absolute Gasteiger partial charge is 0.337 e. The first-order chi connectivity index (χ1) is 8.04. The van der Waals surface area contributed by atoms with E-state index < -0.39 is 5.97 Å². The van der Waals surface area contributed by atoms with E-state index >= 15 is 0 Å². The molecule has 1 rings (SSSR count). The van der Waals surface area contributed by atoms with Gasteiger partial charge in [-0.3, -0.25) is 0 Å². The number of carboxylic acid groups (broad SMARTS) is 1. The van der Waals surface area contributed by atoms with Gasteiger partial charge in [-0.15, -0.1) is 0 Å². The fourth-order valence-electron chi connectivity index (χ4n) is 1.64. The molecule has 1 atom stereocenters. The van der Waals surface area contributed by atoms with E-state index in [1.54, 1.807) is 12.1 Å². The number of hydrogen-bond donors (Lipinski definition) is 2. The highest BCUT2D eigenvalue weighted by Crippen LogP contribution is 2.20. The van der Waals surface area contributed by atoms with E-state index in [1.165, 1.54) is 6.07 Å². The Morgan fingerprint density at radius 2 is 2.24 bits per heavy atom. The van der Waals surface area contributed by atoms with Gasteiger partial charge in [-0.25, -0.2) is 4.79 Å². The number of nitrogens with two attached hydrogens (primary N) is 1. The maximum Gasteiger partial charge on any atom is 0.337 e. The Labute approximate surface area is 101 Å². The molecular formula is C13H19NO3. The first-order valence-electron chi connectivity index (χ1n) is 5.80. The third-order valence-electron chi connectivity index (χ3n) is 2.57. The molecule has 0 aromatic heterocycles. The summed E-state index contributed by atoms with van der Waals surface area (Å²) in [5, 5.41) is 8.82. The summed E-state index contributed by atoms with van der Waals surface area (Å²) in [4.78, 5) is 10.8. The zero-order chi connectivity index (χ0) is 12.8. The minimum atomic E-state index is -1.02. The summed E-state index contributed by atoms with van der Waals surface area (Å²) >= 11 is 0. The quantitative estimate of drug-likeness (QED) is 0.746. The number of nitrogen functional groups attached to an aromatic ring is 1. The van der Waals surface area contributed by atoms with Crippen LogP contribution < -0.4 is 10.5 Å². The Morgan fingerprint density at radius 1 is 1.53 bits per heavy atom. The lowest BCUT2D eigenvalue weighted by Gasteiger charge is -2.12. The third-order valence-corrected chi connectivity index (χ3v) is 2.57. The molecule has 0 amide bonds. The van der Waals surface area contributed by atoms with Crippen molar-refractivity contribution in [2.24, 2.45) is 5.92 Å². The Hall–Kier alpha value is -1.71. The summed E-state index contributed by atoms with van der Waals surface area (Å²) < 4.78 is 5.56. The normalized spacial score (nSPS) is 12.1. The predicted molar refractivity (Wildman–Crippen MR) is 67.4 cm³/mol. The Kier molecular flexibility index (Phi) is 4.82. The second-order valence-corrected chi connectivity index (χ2v) is 4.26. The highest BCUT2D eigenvalue weighted by molar-refractivity contribution is 5.93. The van der Waals surface area contributed by atoms with Gasteiger partial charge in [0.25, 0.3) is 0 Å². The van der Waals surface area contributed by atoms with Crippen LogP contribution >= 0.6 is 0 Å². The molecule has 1 aromatic carbocycles. The van der Waals surface area contributed by atoms with Crippen LogP contribution in [0.2, 0.25) is 0 Å². The molecule has 0 fully saturated rings. The minimum absolute atomic E-state index is 0.110. The number of carbonyl (C=O) groups is 1. The van der Waals surface area contributed by atoms with E-state index in [1.807, 2.05) is 0 Å². The summed E-state index contributed by atoms with van der Waals surface area (Å²) in [5.74, 6) is 0.0872. The van der Waals surface area contributed by atoms with Crippen LogP contribution in [0.3, 0.4) is 0 Å². The summed E-state index contributed by atoms with van der Waals surface area (Å²) in [7, 11) is 0. The van der Waals surface area contributed by atoms with Crippen molar-refractivity contribution < 1.29 is 14.6 Å². The van der Waals surface area contributed by atoms with Crippen LogP contribution in [0.4, 0.5) is 5.69 Å². The fourth-order valence-corrected chi connectivity index (χ4v) is 1.64. The first kappa shape index (κ1) is 13.4. The average Bonchev–Trinajstić information content (AvgIpc) is 2.26. The predicted octanol–water partition coefficient (Wildman–Crippen LogP) is 2.78. The summed E-state index contributed by atoms with van der Waals surface area (Å²) in [6.45, 7) is 4.88.